The number of carbonyl (C=O) groups excluding carboxylic acids is 1. The first-order chi connectivity index (χ1) is 14.9. The summed E-state index contributed by atoms with van der Waals surface area (Å²) in [4.78, 5) is 13.1. The maximum absolute atomic E-state index is 13.1. The summed E-state index contributed by atoms with van der Waals surface area (Å²) < 4.78 is 0. The topological polar surface area (TPSA) is 17.1 Å². The van der Waals surface area contributed by atoms with Crippen molar-refractivity contribution in [3.8, 4) is 0 Å². The molecule has 1 heteroatoms. The highest BCUT2D eigenvalue weighted by molar-refractivity contribution is 5.87. The Morgan fingerprint density at radius 3 is 2.34 bits per heavy atom. The largest absolute Gasteiger partial charge is 0.299 e. The molecule has 5 aliphatic rings. The second kappa shape index (κ2) is 6.85. The van der Waals surface area contributed by atoms with Crippen LogP contribution in [-0.4, -0.2) is 5.78 Å². The van der Waals surface area contributed by atoms with Crippen molar-refractivity contribution in [2.75, 3.05) is 0 Å². The molecule has 178 valence electrons. The average molecular weight is 437 g/mol. The third kappa shape index (κ3) is 2.55. The van der Waals surface area contributed by atoms with Crippen LogP contribution in [0.4, 0.5) is 0 Å². The van der Waals surface area contributed by atoms with E-state index < -0.39 is 0 Å². The Kier molecular flexibility index (Phi) is 4.91. The van der Waals surface area contributed by atoms with E-state index in [1.165, 1.54) is 44.9 Å². The minimum atomic E-state index is -0.336. The molecule has 4 saturated carbocycles. The van der Waals surface area contributed by atoms with Crippen LogP contribution in [0.15, 0.2) is 24.3 Å². The number of rotatable bonds is 1. The van der Waals surface area contributed by atoms with Crippen LogP contribution >= 0.6 is 0 Å². The van der Waals surface area contributed by atoms with Crippen molar-refractivity contribution in [1.82, 2.24) is 0 Å². The molecule has 5 rings (SSSR count). The quantitative estimate of drug-likeness (QED) is 0.377. The van der Waals surface area contributed by atoms with E-state index in [-0.39, 0.29) is 10.8 Å². The van der Waals surface area contributed by atoms with Gasteiger partial charge < -0.3 is 0 Å². The highest BCUT2D eigenvalue weighted by Gasteiger charge is 2.68. The molecule has 0 unspecified atom stereocenters. The summed E-state index contributed by atoms with van der Waals surface area (Å²) in [6, 6.07) is 0. The minimum Gasteiger partial charge on any atom is -0.299 e. The third-order valence-corrected chi connectivity index (χ3v) is 13.3. The van der Waals surface area contributed by atoms with Crippen LogP contribution in [-0.2, 0) is 4.79 Å². The van der Waals surface area contributed by atoms with Gasteiger partial charge in [0.25, 0.3) is 0 Å². The van der Waals surface area contributed by atoms with Crippen molar-refractivity contribution < 1.29 is 4.79 Å². The van der Waals surface area contributed by atoms with Gasteiger partial charge in [0.05, 0.1) is 0 Å². The van der Waals surface area contributed by atoms with Crippen LogP contribution < -0.4 is 0 Å². The number of allylic oxidation sites excluding steroid dienone is 3. The monoisotopic (exact) mass is 436 g/mol. The van der Waals surface area contributed by atoms with Gasteiger partial charge in [0.15, 0.2) is 0 Å². The van der Waals surface area contributed by atoms with Crippen molar-refractivity contribution in [3.63, 3.8) is 0 Å². The Morgan fingerprint density at radius 2 is 1.66 bits per heavy atom. The van der Waals surface area contributed by atoms with Crippen LogP contribution in [0.5, 0.6) is 0 Å². The second-order valence-electron chi connectivity index (χ2n) is 14.2. The summed E-state index contributed by atoms with van der Waals surface area (Å²) in [6.07, 6.45) is 15.9. The van der Waals surface area contributed by atoms with E-state index >= 15 is 0 Å². The van der Waals surface area contributed by atoms with Crippen LogP contribution in [0, 0.1) is 56.7 Å². The maximum atomic E-state index is 13.1. The Bertz CT molecular complexity index is 868. The Morgan fingerprint density at radius 1 is 0.938 bits per heavy atom. The van der Waals surface area contributed by atoms with Gasteiger partial charge in [-0.15, -0.1) is 6.58 Å². The fourth-order valence-corrected chi connectivity index (χ4v) is 10.7. The third-order valence-electron chi connectivity index (χ3n) is 13.3. The molecule has 32 heavy (non-hydrogen) atoms. The van der Waals surface area contributed by atoms with E-state index in [0.717, 1.165) is 30.6 Å². The summed E-state index contributed by atoms with van der Waals surface area (Å²) >= 11 is 0. The summed E-state index contributed by atoms with van der Waals surface area (Å²) in [5, 5.41) is 0. The minimum absolute atomic E-state index is 0.237. The molecule has 0 radical (unpaired) electrons. The first kappa shape index (κ1) is 22.9. The second-order valence-corrected chi connectivity index (χ2v) is 14.2. The number of hydrogen-bond acceptors (Lipinski definition) is 1. The maximum Gasteiger partial charge on any atom is 0.142 e. The van der Waals surface area contributed by atoms with E-state index in [2.05, 4.69) is 61.1 Å². The Balaban J connectivity index is 1.60. The number of ketones is 1. The van der Waals surface area contributed by atoms with Gasteiger partial charge in [0, 0.05) is 11.8 Å². The van der Waals surface area contributed by atoms with Crippen molar-refractivity contribution in [3.05, 3.63) is 24.3 Å². The van der Waals surface area contributed by atoms with Crippen molar-refractivity contribution in [2.45, 2.75) is 106 Å². The van der Waals surface area contributed by atoms with Gasteiger partial charge in [-0.3, -0.25) is 4.79 Å². The van der Waals surface area contributed by atoms with Gasteiger partial charge in [0.2, 0.25) is 0 Å². The smallest absolute Gasteiger partial charge is 0.142 e. The molecular weight excluding hydrogens is 388 g/mol. The number of Topliss-reactive ketones (excluding diaryl/α,β-unsaturated/α-hetero) is 1. The van der Waals surface area contributed by atoms with E-state index in [9.17, 15) is 4.79 Å². The average Bonchev–Trinajstić information content (AvgIpc) is 2.75. The zero-order chi connectivity index (χ0) is 23.3. The first-order valence-corrected chi connectivity index (χ1v) is 13.7. The normalized spacial score (nSPS) is 57.4. The number of hydrogen-bond donors (Lipinski definition) is 0. The Labute approximate surface area is 197 Å². The molecule has 0 aromatic carbocycles. The highest BCUT2D eigenvalue weighted by atomic mass is 16.1. The molecule has 1 nitrogen and oxygen atoms in total. The summed E-state index contributed by atoms with van der Waals surface area (Å²) in [7, 11) is 0. The standard InChI is InChI=1S/C31H48O/c1-9-28(5)23-13-17-31(8)24(29(23,6)16-14-25(28)32)11-10-22-26-21(3)20(2)12-15-27(26,4)18-19-30(22,31)7/h9-10,20-21,23-24,26H,1,11-19H2,2-8H3/t20-,21+,23+,24-,26-,27-,28+,29+,30-,31-/m1/s1. The molecule has 0 heterocycles. The van der Waals surface area contributed by atoms with Crippen molar-refractivity contribution >= 4 is 5.78 Å². The zero-order valence-electron chi connectivity index (χ0n) is 22.0. The molecule has 0 aliphatic heterocycles. The molecule has 0 aromatic heterocycles. The SMILES string of the molecule is C=C[C@]1(C)C(=O)CC[C@@]2(C)[C@H]1CC[C@]1(C)[C@@H]2CC=C2[C@H]3[C@@H](C)[C@H](C)CC[C@]3(C)CC[C@]21C. The van der Waals surface area contributed by atoms with Gasteiger partial charge in [0.1, 0.15) is 5.78 Å². The van der Waals surface area contributed by atoms with E-state index in [1.807, 2.05) is 11.6 Å². The fourth-order valence-electron chi connectivity index (χ4n) is 10.7. The molecule has 0 spiro atoms. The molecule has 0 amide bonds. The molecule has 10 atom stereocenters. The van der Waals surface area contributed by atoms with E-state index in [1.54, 1.807) is 0 Å². The predicted octanol–water partition coefficient (Wildman–Crippen LogP) is 8.40. The molecule has 0 aromatic rings. The summed E-state index contributed by atoms with van der Waals surface area (Å²) in [5.74, 6) is 3.97. The molecule has 4 fully saturated rings. The van der Waals surface area contributed by atoms with Crippen molar-refractivity contribution in [1.29, 1.82) is 0 Å². The zero-order valence-corrected chi connectivity index (χ0v) is 22.0. The van der Waals surface area contributed by atoms with Crippen LogP contribution in [0.3, 0.4) is 0 Å². The van der Waals surface area contributed by atoms with Gasteiger partial charge in [-0.1, -0.05) is 59.3 Å². The number of fused-ring (bicyclic) bond motifs is 7. The van der Waals surface area contributed by atoms with Crippen molar-refractivity contribution in [2.24, 2.45) is 56.7 Å². The van der Waals surface area contributed by atoms with Gasteiger partial charge >= 0.3 is 0 Å². The van der Waals surface area contributed by atoms with Gasteiger partial charge in [-0.2, -0.15) is 0 Å². The van der Waals surface area contributed by atoms with E-state index in [0.29, 0.717) is 33.9 Å². The molecule has 0 saturated heterocycles. The van der Waals surface area contributed by atoms with E-state index in [4.69, 9.17) is 0 Å². The molecule has 5 aliphatic carbocycles. The summed E-state index contributed by atoms with van der Waals surface area (Å²) in [6.45, 7) is 22.0. The molecular formula is C31H48O. The predicted molar refractivity (Wildman–Crippen MR) is 134 cm³/mol. The molecule has 0 bridgehead atoms. The summed E-state index contributed by atoms with van der Waals surface area (Å²) in [5.41, 5.74) is 2.90. The highest BCUT2D eigenvalue weighted by Crippen LogP contribution is 2.75. The van der Waals surface area contributed by atoms with Crippen LogP contribution in [0.1, 0.15) is 106 Å². The lowest BCUT2D eigenvalue weighted by atomic mass is 9.33. The lowest BCUT2D eigenvalue weighted by Crippen LogP contribution is -2.64. The molecule has 0 N–H and O–H groups in total. The fraction of sp³-hybridized carbons (Fsp3) is 0.839. The first-order valence-electron chi connectivity index (χ1n) is 13.7. The Hall–Kier alpha value is -0.850. The number of carbonyl (C=O) groups is 1. The lowest BCUT2D eigenvalue weighted by Gasteiger charge is -2.71. The van der Waals surface area contributed by atoms with Crippen LogP contribution in [0.25, 0.3) is 0 Å². The van der Waals surface area contributed by atoms with Crippen LogP contribution in [0.2, 0.25) is 0 Å². The van der Waals surface area contributed by atoms with Gasteiger partial charge in [-0.05, 0) is 110 Å². The van der Waals surface area contributed by atoms with Gasteiger partial charge in [-0.25, -0.2) is 0 Å². The lowest BCUT2D eigenvalue weighted by molar-refractivity contribution is -0.181.